The Labute approximate surface area is 117 Å². The lowest BCUT2D eigenvalue weighted by Crippen LogP contribution is -2.32. The quantitative estimate of drug-likeness (QED) is 0.821. The van der Waals surface area contributed by atoms with Gasteiger partial charge in [-0.3, -0.25) is 0 Å². The molecule has 0 aliphatic heterocycles. The minimum atomic E-state index is 0.622. The molecule has 0 radical (unpaired) electrons. The number of aryl methyl sites for hydroxylation is 1. The fourth-order valence-corrected chi connectivity index (χ4v) is 2.07. The molecule has 0 aromatic carbocycles. The van der Waals surface area contributed by atoms with Gasteiger partial charge in [-0.05, 0) is 11.8 Å². The van der Waals surface area contributed by atoms with Crippen LogP contribution in [0.1, 0.15) is 40.4 Å². The zero-order valence-corrected chi connectivity index (χ0v) is 13.2. The van der Waals surface area contributed by atoms with Crippen molar-refractivity contribution < 1.29 is 0 Å². The molecule has 0 spiro atoms. The number of hydrogen-bond donors (Lipinski definition) is 1. The summed E-state index contributed by atoms with van der Waals surface area (Å²) in [5, 5.41) is 3.13. The van der Waals surface area contributed by atoms with Gasteiger partial charge in [0.15, 0.2) is 0 Å². The molecule has 1 aromatic heterocycles. The van der Waals surface area contributed by atoms with Crippen LogP contribution >= 0.6 is 0 Å². The molecule has 0 fully saturated rings. The molecular formula is C15H28N4. The van der Waals surface area contributed by atoms with E-state index in [9.17, 15) is 0 Å². The van der Waals surface area contributed by atoms with E-state index in [2.05, 4.69) is 54.8 Å². The van der Waals surface area contributed by atoms with E-state index < -0.39 is 0 Å². The summed E-state index contributed by atoms with van der Waals surface area (Å²) in [6.45, 7) is 13.1. The monoisotopic (exact) mass is 264 g/mol. The average Bonchev–Trinajstić information content (AvgIpc) is 2.36. The molecule has 0 bridgehead atoms. The van der Waals surface area contributed by atoms with Gasteiger partial charge in [0.25, 0.3) is 0 Å². The molecule has 1 heterocycles. The van der Waals surface area contributed by atoms with Crippen molar-refractivity contribution in [1.82, 2.24) is 9.97 Å². The average molecular weight is 264 g/mol. The second-order valence-corrected chi connectivity index (χ2v) is 5.82. The number of nitrogens with zero attached hydrogens (tertiary/aromatic N) is 3. The molecule has 0 amide bonds. The molecule has 4 nitrogen and oxygen atoms in total. The van der Waals surface area contributed by atoms with Crippen molar-refractivity contribution in [2.24, 2.45) is 11.8 Å². The number of anilines is 2. The van der Waals surface area contributed by atoms with Crippen molar-refractivity contribution in [3.05, 3.63) is 11.9 Å². The second kappa shape index (κ2) is 7.31. The predicted octanol–water partition coefficient (Wildman–Crippen LogP) is 3.20. The Hall–Kier alpha value is -1.32. The van der Waals surface area contributed by atoms with Gasteiger partial charge in [0.05, 0.1) is 0 Å². The molecular weight excluding hydrogens is 236 g/mol. The molecule has 0 aliphatic rings. The third kappa shape index (κ3) is 5.05. The van der Waals surface area contributed by atoms with Gasteiger partial charge in [-0.1, -0.05) is 34.6 Å². The number of nitrogens with one attached hydrogen (secondary N) is 1. The molecule has 108 valence electrons. The summed E-state index contributed by atoms with van der Waals surface area (Å²) in [7, 11) is 1.90. The van der Waals surface area contributed by atoms with Gasteiger partial charge in [-0.2, -0.15) is 0 Å². The zero-order valence-electron chi connectivity index (χ0n) is 13.2. The van der Waals surface area contributed by atoms with Crippen molar-refractivity contribution in [3.63, 3.8) is 0 Å². The number of aromatic nitrogens is 2. The van der Waals surface area contributed by atoms with Crippen LogP contribution in [-0.4, -0.2) is 30.1 Å². The summed E-state index contributed by atoms with van der Waals surface area (Å²) in [5.74, 6) is 4.09. The minimum absolute atomic E-state index is 0.622. The molecule has 0 aliphatic carbocycles. The largest absolute Gasteiger partial charge is 0.373 e. The number of hydrogen-bond acceptors (Lipinski definition) is 4. The van der Waals surface area contributed by atoms with Crippen molar-refractivity contribution in [3.8, 4) is 0 Å². The van der Waals surface area contributed by atoms with E-state index in [0.29, 0.717) is 11.8 Å². The zero-order chi connectivity index (χ0) is 14.4. The lowest BCUT2D eigenvalue weighted by atomic mass is 10.1. The predicted molar refractivity (Wildman–Crippen MR) is 82.8 cm³/mol. The normalized spacial score (nSPS) is 11.2. The first kappa shape index (κ1) is 15.7. The Kier molecular flexibility index (Phi) is 6.06. The Morgan fingerprint density at radius 2 is 1.68 bits per heavy atom. The van der Waals surface area contributed by atoms with Crippen molar-refractivity contribution in [2.75, 3.05) is 30.4 Å². The van der Waals surface area contributed by atoms with Crippen molar-refractivity contribution in [2.45, 2.75) is 41.0 Å². The Bertz CT molecular complexity index is 355. The summed E-state index contributed by atoms with van der Waals surface area (Å²) in [5.41, 5.74) is 0. The first-order valence-electron chi connectivity index (χ1n) is 7.26. The first-order chi connectivity index (χ1) is 8.96. The maximum absolute atomic E-state index is 4.68. The fourth-order valence-electron chi connectivity index (χ4n) is 2.07. The Morgan fingerprint density at radius 1 is 1.11 bits per heavy atom. The topological polar surface area (TPSA) is 41.1 Å². The van der Waals surface area contributed by atoms with Crippen LogP contribution in [0.5, 0.6) is 0 Å². The van der Waals surface area contributed by atoms with Crippen molar-refractivity contribution in [1.29, 1.82) is 0 Å². The maximum Gasteiger partial charge on any atom is 0.134 e. The Balaban J connectivity index is 3.05. The minimum Gasteiger partial charge on any atom is -0.373 e. The van der Waals surface area contributed by atoms with Crippen LogP contribution in [0.15, 0.2) is 6.07 Å². The Morgan fingerprint density at radius 3 is 2.11 bits per heavy atom. The summed E-state index contributed by atoms with van der Waals surface area (Å²) < 4.78 is 0. The lowest BCUT2D eigenvalue weighted by Gasteiger charge is -2.28. The van der Waals surface area contributed by atoms with Crippen LogP contribution in [-0.2, 0) is 6.42 Å². The van der Waals surface area contributed by atoms with Crippen LogP contribution in [0.25, 0.3) is 0 Å². The van der Waals surface area contributed by atoms with Gasteiger partial charge in [0.1, 0.15) is 17.5 Å². The summed E-state index contributed by atoms with van der Waals surface area (Å²) in [4.78, 5) is 11.5. The molecule has 19 heavy (non-hydrogen) atoms. The highest BCUT2D eigenvalue weighted by molar-refractivity contribution is 5.49. The van der Waals surface area contributed by atoms with Crippen LogP contribution in [0.4, 0.5) is 11.6 Å². The van der Waals surface area contributed by atoms with E-state index in [1.165, 1.54) is 0 Å². The second-order valence-electron chi connectivity index (χ2n) is 5.82. The van der Waals surface area contributed by atoms with E-state index in [-0.39, 0.29) is 0 Å². The maximum atomic E-state index is 4.68. The third-order valence-electron chi connectivity index (χ3n) is 2.83. The van der Waals surface area contributed by atoms with Gasteiger partial charge in [0.2, 0.25) is 0 Å². The highest BCUT2D eigenvalue weighted by Crippen LogP contribution is 2.19. The molecule has 1 aromatic rings. The molecule has 4 heteroatoms. The standard InChI is InChI=1S/C15H28N4/c1-7-13-17-14(16-6)8-15(18-13)19(9-11(2)3)10-12(4)5/h8,11-12H,7,9-10H2,1-6H3,(H,16,17,18). The smallest absolute Gasteiger partial charge is 0.134 e. The highest BCUT2D eigenvalue weighted by Gasteiger charge is 2.14. The number of rotatable bonds is 7. The van der Waals surface area contributed by atoms with Gasteiger partial charge in [-0.25, -0.2) is 9.97 Å². The van der Waals surface area contributed by atoms with Gasteiger partial charge in [0, 0.05) is 32.6 Å². The molecule has 0 saturated carbocycles. The highest BCUT2D eigenvalue weighted by atomic mass is 15.2. The van der Waals surface area contributed by atoms with Crippen LogP contribution in [0.2, 0.25) is 0 Å². The fraction of sp³-hybridized carbons (Fsp3) is 0.733. The first-order valence-corrected chi connectivity index (χ1v) is 7.26. The molecule has 1 rings (SSSR count). The van der Waals surface area contributed by atoms with E-state index in [4.69, 9.17) is 0 Å². The van der Waals surface area contributed by atoms with Gasteiger partial charge < -0.3 is 10.2 Å². The van der Waals surface area contributed by atoms with Gasteiger partial charge >= 0.3 is 0 Å². The molecule has 0 atom stereocenters. The lowest BCUT2D eigenvalue weighted by molar-refractivity contribution is 0.548. The summed E-state index contributed by atoms with van der Waals surface area (Å²) in [6, 6.07) is 2.05. The van der Waals surface area contributed by atoms with Crippen LogP contribution < -0.4 is 10.2 Å². The van der Waals surface area contributed by atoms with Crippen LogP contribution in [0, 0.1) is 11.8 Å². The summed E-state index contributed by atoms with van der Waals surface area (Å²) in [6.07, 6.45) is 0.861. The van der Waals surface area contributed by atoms with Gasteiger partial charge in [-0.15, -0.1) is 0 Å². The van der Waals surface area contributed by atoms with E-state index in [1.54, 1.807) is 0 Å². The van der Waals surface area contributed by atoms with E-state index >= 15 is 0 Å². The molecule has 1 N–H and O–H groups in total. The van der Waals surface area contributed by atoms with Crippen molar-refractivity contribution >= 4 is 11.6 Å². The SMILES string of the molecule is CCc1nc(NC)cc(N(CC(C)C)CC(C)C)n1. The summed E-state index contributed by atoms with van der Waals surface area (Å²) >= 11 is 0. The van der Waals surface area contributed by atoms with E-state index in [0.717, 1.165) is 37.0 Å². The molecule has 0 saturated heterocycles. The van der Waals surface area contributed by atoms with Crippen LogP contribution in [0.3, 0.4) is 0 Å². The van der Waals surface area contributed by atoms with E-state index in [1.807, 2.05) is 13.1 Å². The third-order valence-corrected chi connectivity index (χ3v) is 2.83. The molecule has 0 unspecified atom stereocenters.